The van der Waals surface area contributed by atoms with E-state index in [1.807, 2.05) is 14.0 Å². The SMILES string of the molecule is COc1nn(C)c2nc(C)c(CCC(=O)NC(C)CN3CC(C)CC(C)C3)c(C)c12. The number of likely N-dealkylation sites (tertiary alicyclic amines) is 1. The largest absolute Gasteiger partial charge is 0.479 e. The first kappa shape index (κ1) is 22.5. The number of hydrogen-bond acceptors (Lipinski definition) is 5. The van der Waals surface area contributed by atoms with Crippen molar-refractivity contribution < 1.29 is 9.53 Å². The fourth-order valence-corrected chi connectivity index (χ4v) is 5.07. The van der Waals surface area contributed by atoms with E-state index < -0.39 is 0 Å². The van der Waals surface area contributed by atoms with Crippen molar-refractivity contribution in [3.63, 3.8) is 0 Å². The summed E-state index contributed by atoms with van der Waals surface area (Å²) in [6, 6.07) is 0.149. The summed E-state index contributed by atoms with van der Waals surface area (Å²) in [7, 11) is 3.49. The Labute approximate surface area is 180 Å². The zero-order valence-corrected chi connectivity index (χ0v) is 19.6. The molecular weight excluding hydrogens is 378 g/mol. The molecule has 1 aliphatic rings. The molecule has 7 nitrogen and oxygen atoms in total. The molecule has 2 aromatic rings. The third kappa shape index (κ3) is 4.94. The molecular formula is C23H37N5O2. The first-order valence-electron chi connectivity index (χ1n) is 11.1. The fourth-order valence-electron chi connectivity index (χ4n) is 5.07. The molecule has 3 atom stereocenters. The van der Waals surface area contributed by atoms with E-state index in [9.17, 15) is 4.79 Å². The van der Waals surface area contributed by atoms with Crippen LogP contribution in [0.4, 0.5) is 0 Å². The van der Waals surface area contributed by atoms with Crippen LogP contribution in [0.1, 0.15) is 50.4 Å². The van der Waals surface area contributed by atoms with E-state index in [1.54, 1.807) is 11.8 Å². The van der Waals surface area contributed by atoms with Gasteiger partial charge >= 0.3 is 0 Å². The van der Waals surface area contributed by atoms with Crippen LogP contribution >= 0.6 is 0 Å². The average Bonchev–Trinajstić information content (AvgIpc) is 2.96. The molecule has 1 aliphatic heterocycles. The molecule has 1 N–H and O–H groups in total. The number of carbonyl (C=O) groups excluding carboxylic acids is 1. The number of pyridine rings is 1. The Morgan fingerprint density at radius 3 is 2.57 bits per heavy atom. The van der Waals surface area contributed by atoms with Gasteiger partial charge in [0, 0.05) is 44.8 Å². The van der Waals surface area contributed by atoms with Gasteiger partial charge in [-0.05, 0) is 56.6 Å². The molecule has 1 amide bonds. The maximum absolute atomic E-state index is 12.6. The van der Waals surface area contributed by atoms with E-state index >= 15 is 0 Å². The number of rotatable bonds is 7. The van der Waals surface area contributed by atoms with Crippen LogP contribution in [-0.2, 0) is 18.3 Å². The van der Waals surface area contributed by atoms with Crippen molar-refractivity contribution in [1.82, 2.24) is 25.0 Å². The Hall–Kier alpha value is -2.15. The third-order valence-corrected chi connectivity index (χ3v) is 6.20. The second-order valence-electron chi connectivity index (χ2n) is 9.27. The van der Waals surface area contributed by atoms with Crippen LogP contribution in [0.2, 0.25) is 0 Å². The van der Waals surface area contributed by atoms with Gasteiger partial charge in [0.25, 0.3) is 0 Å². The van der Waals surface area contributed by atoms with Crippen LogP contribution in [0.25, 0.3) is 11.0 Å². The second kappa shape index (κ2) is 9.33. The van der Waals surface area contributed by atoms with Crippen LogP contribution in [0.5, 0.6) is 5.88 Å². The molecule has 166 valence electrons. The smallest absolute Gasteiger partial charge is 0.242 e. The maximum atomic E-state index is 12.6. The summed E-state index contributed by atoms with van der Waals surface area (Å²) in [5.74, 6) is 2.14. The van der Waals surface area contributed by atoms with Gasteiger partial charge in [-0.1, -0.05) is 13.8 Å². The highest BCUT2D eigenvalue weighted by Gasteiger charge is 2.23. The summed E-state index contributed by atoms with van der Waals surface area (Å²) in [4.78, 5) is 19.8. The van der Waals surface area contributed by atoms with E-state index in [-0.39, 0.29) is 11.9 Å². The van der Waals surface area contributed by atoms with E-state index in [0.717, 1.165) is 59.3 Å². The van der Waals surface area contributed by atoms with Gasteiger partial charge in [-0.3, -0.25) is 4.79 Å². The zero-order chi connectivity index (χ0) is 22.0. The summed E-state index contributed by atoms with van der Waals surface area (Å²) in [5, 5.41) is 8.52. The number of methoxy groups -OCH3 is 1. The number of hydrogen-bond donors (Lipinski definition) is 1. The number of fused-ring (bicyclic) bond motifs is 1. The monoisotopic (exact) mass is 415 g/mol. The fraction of sp³-hybridized carbons (Fsp3) is 0.696. The Kier molecular flexibility index (Phi) is 7.01. The van der Waals surface area contributed by atoms with Gasteiger partial charge in [-0.2, -0.15) is 0 Å². The molecule has 7 heteroatoms. The quantitative estimate of drug-likeness (QED) is 0.753. The molecule has 30 heavy (non-hydrogen) atoms. The molecule has 1 saturated heterocycles. The molecule has 2 aromatic heterocycles. The normalized spacial score (nSPS) is 21.0. The van der Waals surface area contributed by atoms with E-state index in [2.05, 4.69) is 43.0 Å². The van der Waals surface area contributed by atoms with Gasteiger partial charge in [0.05, 0.1) is 12.5 Å². The lowest BCUT2D eigenvalue weighted by Crippen LogP contribution is -2.47. The number of ether oxygens (including phenoxy) is 1. The summed E-state index contributed by atoms with van der Waals surface area (Å²) in [6.07, 6.45) is 2.42. The van der Waals surface area contributed by atoms with Crippen molar-refractivity contribution in [3.05, 3.63) is 16.8 Å². The molecule has 3 unspecified atom stereocenters. The molecule has 0 radical (unpaired) electrons. The van der Waals surface area contributed by atoms with Crippen LogP contribution in [0, 0.1) is 25.7 Å². The predicted octanol–water partition coefficient (Wildman–Crippen LogP) is 3.01. The minimum atomic E-state index is 0.0951. The van der Waals surface area contributed by atoms with Crippen LogP contribution in [-0.4, -0.2) is 58.4 Å². The summed E-state index contributed by atoms with van der Waals surface area (Å²) in [5.41, 5.74) is 3.96. The highest BCUT2D eigenvalue weighted by Crippen LogP contribution is 2.30. The molecule has 0 bridgehead atoms. The Morgan fingerprint density at radius 2 is 1.93 bits per heavy atom. The molecule has 0 aromatic carbocycles. The zero-order valence-electron chi connectivity index (χ0n) is 19.6. The average molecular weight is 416 g/mol. The Morgan fingerprint density at radius 1 is 1.27 bits per heavy atom. The lowest BCUT2D eigenvalue weighted by atomic mass is 9.92. The lowest BCUT2D eigenvalue weighted by Gasteiger charge is -2.36. The van der Waals surface area contributed by atoms with Crippen LogP contribution in [0.3, 0.4) is 0 Å². The Bertz CT molecular complexity index is 897. The third-order valence-electron chi connectivity index (χ3n) is 6.20. The van der Waals surface area contributed by atoms with Gasteiger partial charge in [0.15, 0.2) is 5.65 Å². The van der Waals surface area contributed by atoms with Crippen molar-refractivity contribution in [2.24, 2.45) is 18.9 Å². The molecule has 0 aliphatic carbocycles. The summed E-state index contributed by atoms with van der Waals surface area (Å²) >= 11 is 0. The molecule has 3 rings (SSSR count). The molecule has 0 saturated carbocycles. The molecule has 0 spiro atoms. The van der Waals surface area contributed by atoms with E-state index in [1.165, 1.54) is 6.42 Å². The van der Waals surface area contributed by atoms with Crippen molar-refractivity contribution in [2.75, 3.05) is 26.7 Å². The predicted molar refractivity (Wildman–Crippen MR) is 120 cm³/mol. The van der Waals surface area contributed by atoms with Crippen molar-refractivity contribution in [1.29, 1.82) is 0 Å². The number of aromatic nitrogens is 3. The lowest BCUT2D eigenvalue weighted by molar-refractivity contribution is -0.121. The van der Waals surface area contributed by atoms with E-state index in [0.29, 0.717) is 18.7 Å². The van der Waals surface area contributed by atoms with Crippen molar-refractivity contribution in [2.45, 2.75) is 59.9 Å². The molecule has 3 heterocycles. The van der Waals surface area contributed by atoms with E-state index in [4.69, 9.17) is 9.72 Å². The van der Waals surface area contributed by atoms with Gasteiger partial charge < -0.3 is 15.0 Å². The van der Waals surface area contributed by atoms with Gasteiger partial charge in [-0.25, -0.2) is 9.67 Å². The number of piperidine rings is 1. The standard InChI is InChI=1S/C23H37N5O2/c1-14-10-15(2)12-28(11-14)13-16(3)24-20(29)9-8-19-17(4)21-22(25-18(19)5)27(6)26-23(21)30-7/h14-16H,8-13H2,1-7H3,(H,24,29). The number of nitrogens with one attached hydrogen (secondary N) is 1. The van der Waals surface area contributed by atoms with Crippen LogP contribution in [0.15, 0.2) is 0 Å². The first-order valence-corrected chi connectivity index (χ1v) is 11.1. The highest BCUT2D eigenvalue weighted by molar-refractivity contribution is 5.86. The maximum Gasteiger partial charge on any atom is 0.242 e. The topological polar surface area (TPSA) is 72.3 Å². The second-order valence-corrected chi connectivity index (χ2v) is 9.27. The number of nitrogens with zero attached hydrogens (tertiary/aromatic N) is 4. The number of carbonyl (C=O) groups is 1. The number of aryl methyl sites for hydroxylation is 3. The minimum absolute atomic E-state index is 0.0951. The molecule has 1 fully saturated rings. The van der Waals surface area contributed by atoms with Crippen LogP contribution < -0.4 is 10.1 Å². The van der Waals surface area contributed by atoms with Gasteiger partial charge in [0.2, 0.25) is 11.8 Å². The highest BCUT2D eigenvalue weighted by atomic mass is 16.5. The Balaban J connectivity index is 1.61. The number of amides is 1. The van der Waals surface area contributed by atoms with Gasteiger partial charge in [-0.15, -0.1) is 5.10 Å². The summed E-state index contributed by atoms with van der Waals surface area (Å²) < 4.78 is 7.18. The van der Waals surface area contributed by atoms with Crippen molar-refractivity contribution in [3.8, 4) is 5.88 Å². The first-order chi connectivity index (χ1) is 14.2. The van der Waals surface area contributed by atoms with Crippen molar-refractivity contribution >= 4 is 16.9 Å². The minimum Gasteiger partial charge on any atom is -0.479 e. The van der Waals surface area contributed by atoms with Gasteiger partial charge in [0.1, 0.15) is 0 Å². The summed E-state index contributed by atoms with van der Waals surface area (Å²) in [6.45, 7) is 14.0.